The molecule has 4 atom stereocenters. The van der Waals surface area contributed by atoms with Crippen LogP contribution < -0.4 is 0 Å². The van der Waals surface area contributed by atoms with Gasteiger partial charge < -0.3 is 9.53 Å². The molecule has 6 nitrogen and oxygen atoms in total. The van der Waals surface area contributed by atoms with E-state index in [1.54, 1.807) is 14.0 Å². The SMILES string of the molecule is CON(C)C(=O)[C@H](C)[C@@H](O[Si](C)(C)C(C)(C)C)[C@@H](C)[C@H](O)CC(=O)C=C(C)C. The number of nitrogens with zero attached hydrogens (tertiary/aromatic N) is 1. The average Bonchev–Trinajstić information content (AvgIpc) is 2.55. The number of carbonyl (C=O) groups excluding carboxylic acids is 2. The van der Waals surface area contributed by atoms with Crippen LogP contribution in [0.3, 0.4) is 0 Å². The first-order chi connectivity index (χ1) is 12.5. The molecule has 7 heteroatoms. The normalized spacial score (nSPS) is 16.7. The summed E-state index contributed by atoms with van der Waals surface area (Å²) in [5, 5.41) is 11.9. The van der Waals surface area contributed by atoms with E-state index in [4.69, 9.17) is 9.26 Å². The summed E-state index contributed by atoms with van der Waals surface area (Å²) in [6.07, 6.45) is 0.110. The molecule has 0 saturated carbocycles. The topological polar surface area (TPSA) is 76.1 Å². The van der Waals surface area contributed by atoms with Crippen LogP contribution in [-0.2, 0) is 18.9 Å². The Bertz CT molecular complexity index is 564. The third-order valence-electron chi connectivity index (χ3n) is 5.69. The number of ketones is 1. The minimum absolute atomic E-state index is 0.00470. The van der Waals surface area contributed by atoms with Gasteiger partial charge in [-0.15, -0.1) is 0 Å². The van der Waals surface area contributed by atoms with Crippen LogP contribution in [0, 0.1) is 11.8 Å². The van der Waals surface area contributed by atoms with E-state index in [0.717, 1.165) is 5.57 Å². The van der Waals surface area contributed by atoms with Crippen molar-refractivity contribution < 1.29 is 24.0 Å². The molecule has 0 radical (unpaired) electrons. The van der Waals surface area contributed by atoms with Crippen LogP contribution in [0.5, 0.6) is 0 Å². The molecule has 0 aromatic carbocycles. The van der Waals surface area contributed by atoms with Crippen molar-refractivity contribution in [1.82, 2.24) is 5.06 Å². The van der Waals surface area contributed by atoms with Crippen LogP contribution in [0.1, 0.15) is 54.9 Å². The highest BCUT2D eigenvalue weighted by Crippen LogP contribution is 2.39. The Hall–Kier alpha value is -1.02. The number of hydrogen-bond donors (Lipinski definition) is 1. The average molecular weight is 416 g/mol. The van der Waals surface area contributed by atoms with E-state index < -0.39 is 32.4 Å². The first-order valence-electron chi connectivity index (χ1n) is 9.90. The summed E-state index contributed by atoms with van der Waals surface area (Å²) >= 11 is 0. The molecular formula is C21H41NO5Si. The van der Waals surface area contributed by atoms with Crippen LogP contribution in [0.2, 0.25) is 18.1 Å². The van der Waals surface area contributed by atoms with E-state index in [0.29, 0.717) is 0 Å². The van der Waals surface area contributed by atoms with Gasteiger partial charge in [0.05, 0.1) is 25.2 Å². The highest BCUT2D eigenvalue weighted by Gasteiger charge is 2.44. The maximum Gasteiger partial charge on any atom is 0.251 e. The molecule has 0 spiro atoms. The summed E-state index contributed by atoms with van der Waals surface area (Å²) in [4.78, 5) is 29.9. The van der Waals surface area contributed by atoms with Crippen LogP contribution in [0.15, 0.2) is 11.6 Å². The Morgan fingerprint density at radius 3 is 2.07 bits per heavy atom. The van der Waals surface area contributed by atoms with Crippen molar-refractivity contribution in [3.8, 4) is 0 Å². The molecule has 0 saturated heterocycles. The Kier molecular flexibility index (Phi) is 10.3. The summed E-state index contributed by atoms with van der Waals surface area (Å²) in [6, 6.07) is 0. The molecular weight excluding hydrogens is 374 g/mol. The van der Waals surface area contributed by atoms with Gasteiger partial charge in [0.15, 0.2) is 14.1 Å². The van der Waals surface area contributed by atoms with Crippen LogP contribution >= 0.6 is 0 Å². The Morgan fingerprint density at radius 2 is 1.68 bits per heavy atom. The number of rotatable bonds is 10. The molecule has 0 aromatic rings. The second kappa shape index (κ2) is 10.7. The molecule has 0 rings (SSSR count). The number of hydrogen-bond acceptors (Lipinski definition) is 5. The fraction of sp³-hybridized carbons (Fsp3) is 0.810. The summed E-state index contributed by atoms with van der Waals surface area (Å²) in [5.74, 6) is -1.27. The molecule has 0 aliphatic rings. The molecule has 0 aliphatic carbocycles. The molecule has 0 unspecified atom stereocenters. The summed E-state index contributed by atoms with van der Waals surface area (Å²) in [6.45, 7) is 17.9. The molecule has 1 N–H and O–H groups in total. The van der Waals surface area contributed by atoms with Crippen molar-refractivity contribution in [2.24, 2.45) is 11.8 Å². The largest absolute Gasteiger partial charge is 0.413 e. The zero-order valence-electron chi connectivity index (χ0n) is 19.6. The van der Waals surface area contributed by atoms with Gasteiger partial charge in [0.2, 0.25) is 0 Å². The first kappa shape index (κ1) is 27.0. The van der Waals surface area contributed by atoms with Crippen molar-refractivity contribution in [3.63, 3.8) is 0 Å². The summed E-state index contributed by atoms with van der Waals surface area (Å²) in [7, 11) is 0.777. The standard InChI is InChI=1S/C21H41NO5Si/c1-14(2)12-17(23)13-18(24)15(3)19(16(4)20(25)22(8)26-9)27-28(10,11)21(5,6)7/h12,15-16,18-19,24H,13H2,1-11H3/t15-,16+,18+,19-/m0/s1. The van der Waals surface area contributed by atoms with Gasteiger partial charge in [-0.1, -0.05) is 40.2 Å². The van der Waals surface area contributed by atoms with Crippen LogP contribution in [-0.4, -0.2) is 56.5 Å². The van der Waals surface area contributed by atoms with Gasteiger partial charge in [0.1, 0.15) is 0 Å². The number of carbonyl (C=O) groups is 2. The van der Waals surface area contributed by atoms with Crippen molar-refractivity contribution in [3.05, 3.63) is 11.6 Å². The second-order valence-corrected chi connectivity index (χ2v) is 14.2. The van der Waals surface area contributed by atoms with Gasteiger partial charge in [-0.05, 0) is 38.1 Å². The van der Waals surface area contributed by atoms with Gasteiger partial charge in [0, 0.05) is 19.4 Å². The molecule has 164 valence electrons. The minimum Gasteiger partial charge on any atom is -0.413 e. The number of allylic oxidation sites excluding steroid dienone is 2. The molecule has 0 heterocycles. The molecule has 0 aromatic heterocycles. The van der Waals surface area contributed by atoms with Crippen LogP contribution in [0.4, 0.5) is 0 Å². The molecule has 0 bridgehead atoms. The van der Waals surface area contributed by atoms with Gasteiger partial charge in [-0.25, -0.2) is 5.06 Å². The number of amides is 1. The Balaban J connectivity index is 5.73. The van der Waals surface area contributed by atoms with Gasteiger partial charge in [-0.2, -0.15) is 0 Å². The lowest BCUT2D eigenvalue weighted by Crippen LogP contribution is -2.52. The van der Waals surface area contributed by atoms with Gasteiger partial charge in [0.25, 0.3) is 5.91 Å². The quantitative estimate of drug-likeness (QED) is 0.332. The van der Waals surface area contributed by atoms with Crippen LogP contribution in [0.25, 0.3) is 0 Å². The fourth-order valence-corrected chi connectivity index (χ4v) is 4.14. The first-order valence-corrected chi connectivity index (χ1v) is 12.8. The van der Waals surface area contributed by atoms with Gasteiger partial charge in [-0.3, -0.25) is 14.4 Å². The monoisotopic (exact) mass is 415 g/mol. The highest BCUT2D eigenvalue weighted by molar-refractivity contribution is 6.74. The second-order valence-electron chi connectivity index (χ2n) is 9.47. The zero-order chi connectivity index (χ0) is 22.4. The van der Waals surface area contributed by atoms with E-state index in [2.05, 4.69) is 33.9 Å². The molecule has 28 heavy (non-hydrogen) atoms. The minimum atomic E-state index is -2.22. The number of hydroxylamine groups is 2. The third kappa shape index (κ3) is 7.77. The number of aliphatic hydroxyl groups is 1. The molecule has 1 amide bonds. The lowest BCUT2D eigenvalue weighted by atomic mass is 9.86. The zero-order valence-corrected chi connectivity index (χ0v) is 20.6. The predicted molar refractivity (Wildman–Crippen MR) is 115 cm³/mol. The lowest BCUT2D eigenvalue weighted by Gasteiger charge is -2.43. The molecule has 0 fully saturated rings. The van der Waals surface area contributed by atoms with Crippen molar-refractivity contribution in [2.45, 2.75) is 85.2 Å². The highest BCUT2D eigenvalue weighted by atomic mass is 28.4. The van der Waals surface area contributed by atoms with E-state index in [-0.39, 0.29) is 23.1 Å². The van der Waals surface area contributed by atoms with E-state index in [9.17, 15) is 14.7 Å². The van der Waals surface area contributed by atoms with Crippen molar-refractivity contribution >= 4 is 20.0 Å². The van der Waals surface area contributed by atoms with E-state index in [1.807, 2.05) is 20.8 Å². The van der Waals surface area contributed by atoms with E-state index in [1.165, 1.54) is 18.2 Å². The van der Waals surface area contributed by atoms with Crippen molar-refractivity contribution in [1.29, 1.82) is 0 Å². The van der Waals surface area contributed by atoms with Gasteiger partial charge >= 0.3 is 0 Å². The summed E-state index contributed by atoms with van der Waals surface area (Å²) in [5.41, 5.74) is 0.893. The maximum atomic E-state index is 12.7. The predicted octanol–water partition coefficient (Wildman–Crippen LogP) is 3.96. The maximum absolute atomic E-state index is 12.7. The van der Waals surface area contributed by atoms with E-state index >= 15 is 0 Å². The summed E-state index contributed by atoms with van der Waals surface area (Å²) < 4.78 is 6.57. The molecule has 0 aliphatic heterocycles. The Morgan fingerprint density at radius 1 is 1.18 bits per heavy atom. The fourth-order valence-electron chi connectivity index (χ4n) is 2.69. The smallest absolute Gasteiger partial charge is 0.251 e. The number of aliphatic hydroxyl groups excluding tert-OH is 1. The Labute approximate surface area is 172 Å². The van der Waals surface area contributed by atoms with Crippen molar-refractivity contribution in [2.75, 3.05) is 14.2 Å². The lowest BCUT2D eigenvalue weighted by molar-refractivity contribution is -0.177. The third-order valence-corrected chi connectivity index (χ3v) is 10.2.